The van der Waals surface area contributed by atoms with Crippen molar-refractivity contribution in [2.75, 3.05) is 33.0 Å². The van der Waals surface area contributed by atoms with Crippen LogP contribution in [0.4, 0.5) is 4.79 Å². The minimum absolute atomic E-state index is 0.0841. The average molecular weight is 654 g/mol. The lowest BCUT2D eigenvalue weighted by atomic mass is 9.95. The third-order valence-electron chi connectivity index (χ3n) is 9.33. The molecule has 2 unspecified atom stereocenters. The first-order valence-corrected chi connectivity index (χ1v) is 19.1. The van der Waals surface area contributed by atoms with E-state index in [0.717, 1.165) is 102 Å². The molecule has 2 aliphatic carbocycles. The second-order valence-electron chi connectivity index (χ2n) is 12.9. The van der Waals surface area contributed by atoms with E-state index in [0.29, 0.717) is 43.9 Å². The molecule has 0 radical (unpaired) electrons. The molecule has 2 amide bonds. The molecule has 3 rings (SSSR count). The zero-order chi connectivity index (χ0) is 32.7. The number of nitrogens with one attached hydrogen (secondary N) is 2. The van der Waals surface area contributed by atoms with E-state index in [1.54, 1.807) is 6.92 Å². The molecule has 1 saturated carbocycles. The number of aromatic nitrogens is 3. The molecule has 1 heterocycles. The Kier molecular flexibility index (Phi) is 16.0. The number of hydrogen-bond acceptors (Lipinski definition) is 8. The molecule has 3 N–H and O–H groups in total. The van der Waals surface area contributed by atoms with E-state index in [1.165, 1.54) is 12.4 Å². The maximum Gasteiger partial charge on any atom is 0.407 e. The fourth-order valence-electron chi connectivity index (χ4n) is 6.55. The van der Waals surface area contributed by atoms with E-state index in [2.05, 4.69) is 20.9 Å². The molecular formula is C32H56N5O7P. The number of carbonyl (C=O) groups excluding carboxylic acids is 3. The highest BCUT2D eigenvalue weighted by molar-refractivity contribution is 7.51. The summed E-state index contributed by atoms with van der Waals surface area (Å²) >= 11 is 0. The maximum atomic E-state index is 12.2. The number of carbonyl (C=O) groups is 3. The van der Waals surface area contributed by atoms with Crippen LogP contribution in [0.5, 0.6) is 0 Å². The van der Waals surface area contributed by atoms with Crippen LogP contribution in [0.25, 0.3) is 0 Å². The standard InChI is InChI=1S/C32H56N5O7P/c1-4-25(24(2)38)13-7-10-19-33-31(39)14-8-11-21-37-30-18-16-27-26(15-17-29(30)35-36-37)28(27)23-43-32(40)34-20-9-5-6-12-22-44-45(3,41)42/h25-28H,4-23H2,1-3H3,(H,33,39)(H,34,40)(H,41,42)/t25?,26-,27+,28-/m1/s1. The summed E-state index contributed by atoms with van der Waals surface area (Å²) in [5.74, 6) is 2.03. The summed E-state index contributed by atoms with van der Waals surface area (Å²) in [6.07, 6.45) is 12.7. The second-order valence-corrected chi connectivity index (χ2v) is 14.7. The fraction of sp³-hybridized carbons (Fsp3) is 0.844. The van der Waals surface area contributed by atoms with E-state index in [1.807, 2.05) is 11.6 Å². The monoisotopic (exact) mass is 653 g/mol. The van der Waals surface area contributed by atoms with Crippen LogP contribution in [-0.4, -0.2) is 70.6 Å². The Bertz CT molecular complexity index is 1120. The minimum Gasteiger partial charge on any atom is -0.449 e. The highest BCUT2D eigenvalue weighted by Crippen LogP contribution is 2.52. The lowest BCUT2D eigenvalue weighted by molar-refractivity contribution is -0.122. The summed E-state index contributed by atoms with van der Waals surface area (Å²) in [5, 5.41) is 14.7. The number of nitrogens with zero attached hydrogens (tertiary/aromatic N) is 3. The van der Waals surface area contributed by atoms with Crippen molar-refractivity contribution < 1.29 is 33.1 Å². The number of alkyl carbamates (subject to hydrolysis) is 1. The number of rotatable bonds is 22. The number of fused-ring (bicyclic) bond motifs is 2. The number of Topliss-reactive ketones (excluding diaryl/α,β-unsaturated/α-hetero) is 1. The van der Waals surface area contributed by atoms with Gasteiger partial charge in [0.25, 0.3) is 0 Å². The summed E-state index contributed by atoms with van der Waals surface area (Å²) in [6, 6.07) is 0. The Morgan fingerprint density at radius 3 is 2.44 bits per heavy atom. The number of aryl methyl sites for hydroxylation is 2. The van der Waals surface area contributed by atoms with Gasteiger partial charge in [0.1, 0.15) is 5.78 Å². The average Bonchev–Trinajstić information content (AvgIpc) is 3.49. The number of amides is 2. The Hall–Kier alpha value is -2.30. The molecular weight excluding hydrogens is 597 g/mol. The predicted octanol–water partition coefficient (Wildman–Crippen LogP) is 5.21. The number of unbranched alkanes of at least 4 members (excludes halogenated alkanes) is 5. The SMILES string of the molecule is CCC(CCCCNC(=O)CCCCn1nnc2c1CC[C@H]1[C@@H](CC2)[C@H]1COC(=O)NCCCCCCOP(C)(=O)O)C(C)=O. The molecule has 0 saturated heterocycles. The third-order valence-corrected chi connectivity index (χ3v) is 9.99. The van der Waals surface area contributed by atoms with E-state index in [9.17, 15) is 18.9 Å². The zero-order valence-electron chi connectivity index (χ0n) is 27.6. The van der Waals surface area contributed by atoms with Gasteiger partial charge in [-0.3, -0.25) is 14.2 Å². The van der Waals surface area contributed by atoms with Crippen LogP contribution in [0.3, 0.4) is 0 Å². The number of ether oxygens (including phenoxy) is 1. The molecule has 5 atom stereocenters. The predicted molar refractivity (Wildman–Crippen MR) is 172 cm³/mol. The van der Waals surface area contributed by atoms with Gasteiger partial charge in [-0.1, -0.05) is 31.4 Å². The molecule has 1 aromatic rings. The fourth-order valence-corrected chi connectivity index (χ4v) is 7.02. The van der Waals surface area contributed by atoms with Gasteiger partial charge in [0.05, 0.1) is 24.6 Å². The normalized spacial score (nSPS) is 20.9. The van der Waals surface area contributed by atoms with Crippen LogP contribution >= 0.6 is 7.60 Å². The van der Waals surface area contributed by atoms with Gasteiger partial charge in [0.15, 0.2) is 0 Å². The molecule has 0 bridgehead atoms. The van der Waals surface area contributed by atoms with Crippen LogP contribution in [0.1, 0.15) is 109 Å². The first-order valence-electron chi connectivity index (χ1n) is 17.1. The lowest BCUT2D eigenvalue weighted by Gasteiger charge is -2.11. The lowest BCUT2D eigenvalue weighted by Crippen LogP contribution is -2.26. The van der Waals surface area contributed by atoms with Crippen molar-refractivity contribution in [2.24, 2.45) is 23.7 Å². The molecule has 1 fully saturated rings. The molecule has 0 spiro atoms. The van der Waals surface area contributed by atoms with Gasteiger partial charge < -0.3 is 24.8 Å². The summed E-state index contributed by atoms with van der Waals surface area (Å²) < 4.78 is 23.5. The molecule has 0 aliphatic heterocycles. The van der Waals surface area contributed by atoms with Crippen molar-refractivity contribution in [1.82, 2.24) is 25.6 Å². The molecule has 0 aromatic carbocycles. The number of ketones is 1. The van der Waals surface area contributed by atoms with Crippen molar-refractivity contribution in [3.8, 4) is 0 Å². The summed E-state index contributed by atoms with van der Waals surface area (Å²) in [7, 11) is -3.39. The van der Waals surface area contributed by atoms with Gasteiger partial charge in [-0.15, -0.1) is 5.10 Å². The highest BCUT2D eigenvalue weighted by atomic mass is 31.2. The molecule has 13 heteroatoms. The Morgan fingerprint density at radius 2 is 1.71 bits per heavy atom. The van der Waals surface area contributed by atoms with Crippen molar-refractivity contribution in [3.05, 3.63) is 11.4 Å². The Balaban J connectivity index is 1.23. The quantitative estimate of drug-likeness (QED) is 0.113. The smallest absolute Gasteiger partial charge is 0.407 e. The first kappa shape index (κ1) is 37.2. The highest BCUT2D eigenvalue weighted by Gasteiger charge is 2.50. The van der Waals surface area contributed by atoms with Crippen LogP contribution in [0.15, 0.2) is 0 Å². The van der Waals surface area contributed by atoms with Gasteiger partial charge in [0, 0.05) is 38.6 Å². The maximum absolute atomic E-state index is 12.2. The van der Waals surface area contributed by atoms with Crippen molar-refractivity contribution >= 4 is 25.4 Å². The summed E-state index contributed by atoms with van der Waals surface area (Å²) in [5.41, 5.74) is 2.29. The van der Waals surface area contributed by atoms with E-state index in [4.69, 9.17) is 14.2 Å². The molecule has 45 heavy (non-hydrogen) atoms. The van der Waals surface area contributed by atoms with Crippen LogP contribution in [0, 0.1) is 23.7 Å². The van der Waals surface area contributed by atoms with E-state index in [-0.39, 0.29) is 30.3 Å². The van der Waals surface area contributed by atoms with Gasteiger partial charge >= 0.3 is 13.7 Å². The van der Waals surface area contributed by atoms with E-state index >= 15 is 0 Å². The second kappa shape index (κ2) is 19.4. The molecule has 1 aromatic heterocycles. The number of hydrogen-bond donors (Lipinski definition) is 3. The molecule has 256 valence electrons. The molecule has 12 nitrogen and oxygen atoms in total. The van der Waals surface area contributed by atoms with Gasteiger partial charge in [0.2, 0.25) is 5.91 Å². The van der Waals surface area contributed by atoms with E-state index < -0.39 is 7.60 Å². The van der Waals surface area contributed by atoms with Crippen LogP contribution in [0.2, 0.25) is 0 Å². The minimum atomic E-state index is -3.39. The van der Waals surface area contributed by atoms with Crippen molar-refractivity contribution in [3.63, 3.8) is 0 Å². The van der Waals surface area contributed by atoms with Gasteiger partial charge in [-0.2, -0.15) is 0 Å². The third kappa shape index (κ3) is 13.9. The Morgan fingerprint density at radius 1 is 1.00 bits per heavy atom. The van der Waals surface area contributed by atoms with Gasteiger partial charge in [-0.25, -0.2) is 9.48 Å². The van der Waals surface area contributed by atoms with Gasteiger partial charge in [-0.05, 0) is 95.3 Å². The molecule has 2 aliphatic rings. The van der Waals surface area contributed by atoms with Crippen LogP contribution in [-0.2, 0) is 42.8 Å². The largest absolute Gasteiger partial charge is 0.449 e. The summed E-state index contributed by atoms with van der Waals surface area (Å²) in [6.45, 7) is 7.59. The summed E-state index contributed by atoms with van der Waals surface area (Å²) in [4.78, 5) is 45.0. The Labute approximate surface area is 268 Å². The van der Waals surface area contributed by atoms with Crippen molar-refractivity contribution in [2.45, 2.75) is 117 Å². The van der Waals surface area contributed by atoms with Crippen LogP contribution < -0.4 is 10.6 Å². The first-order chi connectivity index (χ1) is 21.6. The zero-order valence-corrected chi connectivity index (χ0v) is 28.5. The van der Waals surface area contributed by atoms with Crippen molar-refractivity contribution in [1.29, 1.82) is 0 Å². The topological polar surface area (TPSA) is 162 Å².